The van der Waals surface area contributed by atoms with Crippen LogP contribution in [-0.4, -0.2) is 57.4 Å². The van der Waals surface area contributed by atoms with Gasteiger partial charge in [0, 0.05) is 30.8 Å². The van der Waals surface area contributed by atoms with Gasteiger partial charge in [0.2, 0.25) is 5.89 Å². The van der Waals surface area contributed by atoms with E-state index in [2.05, 4.69) is 20.1 Å². The Morgan fingerprint density at radius 2 is 2.03 bits per heavy atom. The topological polar surface area (TPSA) is 136 Å². The normalized spacial score (nSPS) is 16.3. The third-order valence-corrected chi connectivity index (χ3v) is 6.55. The molecule has 12 heteroatoms. The van der Waals surface area contributed by atoms with Crippen LogP contribution >= 0.6 is 23.7 Å². The first-order chi connectivity index (χ1) is 15.2. The number of hydrogen-bond acceptors (Lipinski definition) is 9. The van der Waals surface area contributed by atoms with Crippen LogP contribution in [0.2, 0.25) is 0 Å². The number of anilines is 1. The monoisotopic (exact) mass is 473 g/mol. The number of nitrogens with one attached hydrogen (secondary N) is 1. The van der Waals surface area contributed by atoms with E-state index in [9.17, 15) is 4.79 Å². The molecule has 166 valence electrons. The maximum Gasteiger partial charge on any atom is 0.271 e. The fourth-order valence-corrected chi connectivity index (χ4v) is 4.77. The molecule has 1 saturated heterocycles. The van der Waals surface area contributed by atoms with Gasteiger partial charge >= 0.3 is 0 Å². The molecule has 1 aliphatic heterocycles. The number of aromatic nitrogens is 5. The average Bonchev–Trinajstić information content (AvgIpc) is 3.19. The first-order valence-electron chi connectivity index (χ1n) is 10.1. The van der Waals surface area contributed by atoms with Crippen LogP contribution in [0, 0.1) is 0 Å². The third kappa shape index (κ3) is 3.61. The zero-order valence-electron chi connectivity index (χ0n) is 16.9. The van der Waals surface area contributed by atoms with Crippen LogP contribution in [0.15, 0.2) is 22.9 Å². The van der Waals surface area contributed by atoms with Gasteiger partial charge in [0.1, 0.15) is 0 Å². The molecule has 0 spiro atoms. The predicted octanol–water partition coefficient (Wildman–Crippen LogP) is 2.97. The molecule has 2 fully saturated rings. The van der Waals surface area contributed by atoms with E-state index in [0.29, 0.717) is 36.1 Å². The lowest BCUT2D eigenvalue weighted by Gasteiger charge is -2.25. The number of thiazole rings is 1. The Kier molecular flexibility index (Phi) is 5.31. The second kappa shape index (κ2) is 8.15. The molecule has 0 atom stereocenters. The van der Waals surface area contributed by atoms with Crippen molar-refractivity contribution in [2.45, 2.75) is 18.8 Å². The highest BCUT2D eigenvalue weighted by Gasteiger charge is 2.33. The van der Waals surface area contributed by atoms with Crippen molar-refractivity contribution in [3.05, 3.63) is 29.8 Å². The molecule has 4 aromatic rings. The summed E-state index contributed by atoms with van der Waals surface area (Å²) >= 11 is 1.58. The second-order valence-corrected chi connectivity index (χ2v) is 8.67. The van der Waals surface area contributed by atoms with Gasteiger partial charge in [-0.3, -0.25) is 9.89 Å². The molecule has 4 aromatic heterocycles. The Labute approximate surface area is 192 Å². The minimum Gasteiger partial charge on any atom is -0.435 e. The number of carbonyl (C=O) groups excluding carboxylic acids is 1. The summed E-state index contributed by atoms with van der Waals surface area (Å²) in [5.74, 6) is 0.309. The Balaban J connectivity index is 0.00000216. The van der Waals surface area contributed by atoms with E-state index in [1.54, 1.807) is 23.7 Å². The largest absolute Gasteiger partial charge is 0.435 e. The van der Waals surface area contributed by atoms with Gasteiger partial charge in [0.15, 0.2) is 22.2 Å². The van der Waals surface area contributed by atoms with Crippen LogP contribution in [0.4, 0.5) is 5.13 Å². The summed E-state index contributed by atoms with van der Waals surface area (Å²) in [6.07, 6.45) is 5.32. The van der Waals surface area contributed by atoms with Crippen LogP contribution in [-0.2, 0) is 4.74 Å². The molecule has 10 nitrogen and oxygen atoms in total. The van der Waals surface area contributed by atoms with Crippen molar-refractivity contribution in [1.82, 2.24) is 25.1 Å². The van der Waals surface area contributed by atoms with E-state index >= 15 is 0 Å². The first-order valence-corrected chi connectivity index (χ1v) is 10.9. The quantitative estimate of drug-likeness (QED) is 0.451. The van der Waals surface area contributed by atoms with E-state index in [-0.39, 0.29) is 24.0 Å². The first kappa shape index (κ1) is 20.9. The molecule has 5 heterocycles. The molecular formula is C20H20ClN7O3S. The molecule has 1 aliphatic carbocycles. The molecule has 0 aromatic carbocycles. The minimum atomic E-state index is -0.645. The number of amides is 1. The van der Waals surface area contributed by atoms with Crippen LogP contribution in [0.5, 0.6) is 0 Å². The zero-order chi connectivity index (χ0) is 20.9. The predicted molar refractivity (Wildman–Crippen MR) is 121 cm³/mol. The highest BCUT2D eigenvalue weighted by molar-refractivity contribution is 7.22. The van der Waals surface area contributed by atoms with Gasteiger partial charge in [-0.2, -0.15) is 10.1 Å². The molecule has 3 N–H and O–H groups in total. The molecule has 32 heavy (non-hydrogen) atoms. The van der Waals surface area contributed by atoms with Gasteiger partial charge in [-0.1, -0.05) is 11.3 Å². The number of fused-ring (bicyclic) bond motifs is 1. The summed E-state index contributed by atoms with van der Waals surface area (Å²) in [4.78, 5) is 28.4. The van der Waals surface area contributed by atoms with Gasteiger partial charge in [-0.25, -0.2) is 9.97 Å². The van der Waals surface area contributed by atoms with Crippen molar-refractivity contribution >= 4 is 45.1 Å². The summed E-state index contributed by atoms with van der Waals surface area (Å²) in [5.41, 5.74) is 8.72. The Hall–Kier alpha value is -3.02. The summed E-state index contributed by atoms with van der Waals surface area (Å²) < 4.78 is 12.4. The van der Waals surface area contributed by atoms with Crippen LogP contribution < -0.4 is 10.6 Å². The van der Waals surface area contributed by atoms with Gasteiger partial charge < -0.3 is 19.8 Å². The van der Waals surface area contributed by atoms with Crippen molar-refractivity contribution in [2.24, 2.45) is 5.73 Å². The van der Waals surface area contributed by atoms with Gasteiger partial charge in [-0.15, -0.1) is 12.4 Å². The lowest BCUT2D eigenvalue weighted by atomic mass is 10.1. The lowest BCUT2D eigenvalue weighted by molar-refractivity contribution is 0.0996. The van der Waals surface area contributed by atoms with E-state index in [4.69, 9.17) is 24.9 Å². The molecule has 6 rings (SSSR count). The van der Waals surface area contributed by atoms with Crippen LogP contribution in [0.3, 0.4) is 0 Å². The highest BCUT2D eigenvalue weighted by Crippen LogP contribution is 2.46. The molecule has 0 radical (unpaired) electrons. The second-order valence-electron chi connectivity index (χ2n) is 7.66. The smallest absolute Gasteiger partial charge is 0.271 e. The van der Waals surface area contributed by atoms with Crippen molar-refractivity contribution in [2.75, 3.05) is 31.2 Å². The fraction of sp³-hybridized carbons (Fsp3) is 0.350. The number of pyridine rings is 1. The zero-order valence-corrected chi connectivity index (χ0v) is 18.5. The number of nitrogens with two attached hydrogens (primary N) is 1. The number of rotatable bonds is 5. The number of oxazole rings is 1. The number of halogens is 1. The molecule has 0 unspecified atom stereocenters. The SMILES string of the molecule is Cl.NC(=O)c1nc(-c2cn[nH]c2)oc1-c1cc2sc(N3CCOCC3)nc2nc1C1CC1. The standard InChI is InChI=1S/C20H19N7O3S.ClH/c21-17(28)15-16(30-19(25-15)11-8-22-23-9-11)12-7-13-18(24-14(12)10-1-2-10)26-20(31-13)27-3-5-29-6-4-27;/h7-10H,1-6H2,(H2,21,28)(H,22,23);1H. The summed E-state index contributed by atoms with van der Waals surface area (Å²) in [6, 6.07) is 2.00. The van der Waals surface area contributed by atoms with E-state index in [0.717, 1.165) is 47.0 Å². The Morgan fingerprint density at radius 3 is 2.72 bits per heavy atom. The number of primary amides is 1. The van der Waals surface area contributed by atoms with E-state index < -0.39 is 5.91 Å². The van der Waals surface area contributed by atoms with Crippen molar-refractivity contribution in [3.8, 4) is 22.8 Å². The summed E-state index contributed by atoms with van der Waals surface area (Å²) in [6.45, 7) is 3.01. The van der Waals surface area contributed by atoms with Crippen molar-refractivity contribution in [3.63, 3.8) is 0 Å². The fourth-order valence-electron chi connectivity index (χ4n) is 3.77. The van der Waals surface area contributed by atoms with Crippen molar-refractivity contribution in [1.29, 1.82) is 0 Å². The molecule has 2 aliphatic rings. The van der Waals surface area contributed by atoms with E-state index in [1.165, 1.54) is 0 Å². The maximum absolute atomic E-state index is 12.2. The number of morpholine rings is 1. The minimum absolute atomic E-state index is 0. The number of carbonyl (C=O) groups is 1. The number of ether oxygens (including phenoxy) is 1. The molecule has 1 amide bonds. The number of nitrogens with zero attached hydrogens (tertiary/aromatic N) is 5. The average molecular weight is 474 g/mol. The van der Waals surface area contributed by atoms with Gasteiger partial charge in [0.25, 0.3) is 5.91 Å². The van der Waals surface area contributed by atoms with Gasteiger partial charge in [0.05, 0.1) is 35.4 Å². The number of aromatic amines is 1. The molecule has 0 bridgehead atoms. The molecule has 1 saturated carbocycles. The van der Waals surface area contributed by atoms with Gasteiger partial charge in [-0.05, 0) is 18.9 Å². The number of hydrogen-bond donors (Lipinski definition) is 2. The number of H-pyrrole nitrogens is 1. The van der Waals surface area contributed by atoms with Crippen molar-refractivity contribution < 1.29 is 13.9 Å². The summed E-state index contributed by atoms with van der Waals surface area (Å²) in [5, 5.41) is 7.58. The van der Waals surface area contributed by atoms with E-state index in [1.807, 2.05) is 6.07 Å². The molecular weight excluding hydrogens is 454 g/mol. The Bertz CT molecular complexity index is 1280. The van der Waals surface area contributed by atoms with Crippen LogP contribution in [0.1, 0.15) is 34.9 Å². The van der Waals surface area contributed by atoms with Crippen LogP contribution in [0.25, 0.3) is 33.1 Å². The highest BCUT2D eigenvalue weighted by atomic mass is 35.5. The lowest BCUT2D eigenvalue weighted by Crippen LogP contribution is -2.36. The maximum atomic E-state index is 12.2. The summed E-state index contributed by atoms with van der Waals surface area (Å²) in [7, 11) is 0. The Morgan fingerprint density at radius 1 is 1.22 bits per heavy atom. The third-order valence-electron chi connectivity index (χ3n) is 5.50.